The molecule has 0 N–H and O–H groups in total. The summed E-state index contributed by atoms with van der Waals surface area (Å²) in [5.74, 6) is -1.70. The SMILES string of the molecule is CCOC(=O)[C@@]1(C)OS(=O)(=O)OC1C1COC(C)(C)O1. The number of carbonyl (C=O) groups excluding carboxylic acids is 1. The zero-order valence-corrected chi connectivity index (χ0v) is 12.6. The van der Waals surface area contributed by atoms with Gasteiger partial charge in [-0.15, -0.1) is 0 Å². The standard InChI is InChI=1S/C11H18O8S/c1-5-15-9(12)11(4)8(18-20(13,14)19-11)7-6-16-10(2,3)17-7/h7-8H,5-6H2,1-4H3/t7?,8?,11-/m0/s1. The first kappa shape index (κ1) is 15.6. The largest absolute Gasteiger partial charge is 0.464 e. The molecule has 0 aromatic rings. The maximum Gasteiger partial charge on any atom is 0.401 e. The maximum absolute atomic E-state index is 12.0. The first-order chi connectivity index (χ1) is 9.10. The summed E-state index contributed by atoms with van der Waals surface area (Å²) in [7, 11) is -4.28. The maximum atomic E-state index is 12.0. The second kappa shape index (κ2) is 4.92. The van der Waals surface area contributed by atoms with Crippen molar-refractivity contribution in [2.45, 2.75) is 51.3 Å². The van der Waals surface area contributed by atoms with Gasteiger partial charge in [0.25, 0.3) is 0 Å². The lowest BCUT2D eigenvalue weighted by atomic mass is 9.95. The molecule has 8 nitrogen and oxygen atoms in total. The van der Waals surface area contributed by atoms with Gasteiger partial charge in [-0.1, -0.05) is 0 Å². The van der Waals surface area contributed by atoms with E-state index in [1.165, 1.54) is 6.92 Å². The van der Waals surface area contributed by atoms with E-state index in [-0.39, 0.29) is 13.2 Å². The predicted octanol–water partition coefficient (Wildman–Crippen LogP) is 0.120. The van der Waals surface area contributed by atoms with Gasteiger partial charge in [-0.2, -0.15) is 8.42 Å². The number of carbonyl (C=O) groups is 1. The first-order valence-corrected chi connectivity index (χ1v) is 7.56. The van der Waals surface area contributed by atoms with E-state index in [1.807, 2.05) is 0 Å². The van der Waals surface area contributed by atoms with Gasteiger partial charge in [0.15, 0.2) is 5.79 Å². The van der Waals surface area contributed by atoms with Gasteiger partial charge in [-0.25, -0.2) is 13.2 Å². The highest BCUT2D eigenvalue weighted by molar-refractivity contribution is 7.82. The lowest BCUT2D eigenvalue weighted by molar-refractivity contribution is -0.175. The van der Waals surface area contributed by atoms with Crippen LogP contribution in [0.15, 0.2) is 0 Å². The molecule has 0 spiro atoms. The van der Waals surface area contributed by atoms with Crippen LogP contribution < -0.4 is 0 Å². The number of hydrogen-bond donors (Lipinski definition) is 0. The van der Waals surface area contributed by atoms with E-state index in [1.54, 1.807) is 20.8 Å². The minimum absolute atomic E-state index is 0.0888. The number of ether oxygens (including phenoxy) is 3. The second-order valence-electron chi connectivity index (χ2n) is 5.20. The molecule has 0 aromatic heterocycles. The Labute approximate surface area is 117 Å². The third-order valence-corrected chi connectivity index (χ3v) is 4.08. The molecule has 2 saturated heterocycles. The van der Waals surface area contributed by atoms with Crippen LogP contribution in [-0.4, -0.2) is 51.2 Å². The smallest absolute Gasteiger partial charge is 0.401 e. The zero-order valence-electron chi connectivity index (χ0n) is 11.7. The first-order valence-electron chi connectivity index (χ1n) is 6.22. The Morgan fingerprint density at radius 3 is 2.50 bits per heavy atom. The third kappa shape index (κ3) is 2.82. The topological polar surface area (TPSA) is 97.4 Å². The Morgan fingerprint density at radius 2 is 2.00 bits per heavy atom. The summed E-state index contributed by atoms with van der Waals surface area (Å²) >= 11 is 0. The van der Waals surface area contributed by atoms with Crippen LogP contribution in [0.1, 0.15) is 27.7 Å². The van der Waals surface area contributed by atoms with E-state index < -0.39 is 40.0 Å². The highest BCUT2D eigenvalue weighted by Crippen LogP contribution is 2.38. The lowest BCUT2D eigenvalue weighted by Crippen LogP contribution is -2.52. The Balaban J connectivity index is 2.27. The lowest BCUT2D eigenvalue weighted by Gasteiger charge is -2.27. The molecule has 0 saturated carbocycles. The van der Waals surface area contributed by atoms with E-state index in [9.17, 15) is 13.2 Å². The van der Waals surface area contributed by atoms with Crippen LogP contribution in [0.4, 0.5) is 0 Å². The van der Waals surface area contributed by atoms with Crippen molar-refractivity contribution in [1.82, 2.24) is 0 Å². The molecule has 9 heteroatoms. The fourth-order valence-electron chi connectivity index (χ4n) is 2.20. The molecule has 2 fully saturated rings. The van der Waals surface area contributed by atoms with E-state index >= 15 is 0 Å². The van der Waals surface area contributed by atoms with E-state index in [4.69, 9.17) is 22.6 Å². The van der Waals surface area contributed by atoms with Crippen molar-refractivity contribution in [2.75, 3.05) is 13.2 Å². The fraction of sp³-hybridized carbons (Fsp3) is 0.909. The minimum atomic E-state index is -4.28. The Kier molecular flexibility index (Phi) is 3.85. The monoisotopic (exact) mass is 310 g/mol. The zero-order chi connectivity index (χ0) is 15.2. The summed E-state index contributed by atoms with van der Waals surface area (Å²) in [6.45, 7) is 6.45. The van der Waals surface area contributed by atoms with Crippen LogP contribution in [0, 0.1) is 0 Å². The quantitative estimate of drug-likeness (QED) is 0.678. The van der Waals surface area contributed by atoms with Crippen LogP contribution in [-0.2, 0) is 37.8 Å². The second-order valence-corrected chi connectivity index (χ2v) is 6.38. The van der Waals surface area contributed by atoms with Crippen molar-refractivity contribution in [3.8, 4) is 0 Å². The Bertz CT molecular complexity index is 499. The highest BCUT2D eigenvalue weighted by Gasteiger charge is 2.61. The van der Waals surface area contributed by atoms with Crippen molar-refractivity contribution in [3.63, 3.8) is 0 Å². The average Bonchev–Trinajstić information content (AvgIpc) is 2.77. The molecule has 0 aliphatic carbocycles. The highest BCUT2D eigenvalue weighted by atomic mass is 32.3. The molecule has 0 amide bonds. The van der Waals surface area contributed by atoms with E-state index in [0.717, 1.165) is 0 Å². The Morgan fingerprint density at radius 1 is 1.35 bits per heavy atom. The molecule has 2 rings (SSSR count). The molecule has 2 aliphatic rings. The fourth-order valence-corrected chi connectivity index (χ4v) is 3.39. The van der Waals surface area contributed by atoms with E-state index in [0.29, 0.717) is 0 Å². The number of rotatable bonds is 3. The van der Waals surface area contributed by atoms with Crippen LogP contribution in [0.2, 0.25) is 0 Å². The van der Waals surface area contributed by atoms with Gasteiger partial charge in [0.2, 0.25) is 5.60 Å². The van der Waals surface area contributed by atoms with Crippen LogP contribution in [0.25, 0.3) is 0 Å². The van der Waals surface area contributed by atoms with Crippen LogP contribution in [0.5, 0.6) is 0 Å². The molecular weight excluding hydrogens is 292 g/mol. The van der Waals surface area contributed by atoms with Crippen molar-refractivity contribution in [2.24, 2.45) is 0 Å². The summed E-state index contributed by atoms with van der Waals surface area (Å²) in [5.41, 5.74) is -1.79. The third-order valence-electron chi connectivity index (χ3n) is 3.09. The van der Waals surface area contributed by atoms with Gasteiger partial charge in [0.05, 0.1) is 13.2 Å². The molecule has 2 heterocycles. The molecule has 2 unspecified atom stereocenters. The molecule has 0 radical (unpaired) electrons. The van der Waals surface area contributed by atoms with Crippen LogP contribution in [0.3, 0.4) is 0 Å². The minimum Gasteiger partial charge on any atom is -0.464 e. The summed E-state index contributed by atoms with van der Waals surface area (Å²) < 4.78 is 48.5. The molecular formula is C11H18O8S. The Hall–Kier alpha value is -0.740. The van der Waals surface area contributed by atoms with Gasteiger partial charge in [-0.05, 0) is 27.7 Å². The molecule has 116 valence electrons. The molecule has 3 atom stereocenters. The summed E-state index contributed by atoms with van der Waals surface area (Å²) in [6.07, 6.45) is -1.91. The van der Waals surface area contributed by atoms with Crippen molar-refractivity contribution in [3.05, 3.63) is 0 Å². The van der Waals surface area contributed by atoms with Crippen molar-refractivity contribution in [1.29, 1.82) is 0 Å². The predicted molar refractivity (Wildman–Crippen MR) is 64.8 cm³/mol. The normalized spacial score (nSPS) is 38.8. The van der Waals surface area contributed by atoms with E-state index in [2.05, 4.69) is 0 Å². The number of esters is 1. The summed E-state index contributed by atoms with van der Waals surface area (Å²) in [5, 5.41) is 0. The molecule has 20 heavy (non-hydrogen) atoms. The van der Waals surface area contributed by atoms with Crippen LogP contribution >= 0.6 is 0 Å². The van der Waals surface area contributed by atoms with Crippen molar-refractivity contribution < 1.29 is 35.8 Å². The summed E-state index contributed by atoms with van der Waals surface area (Å²) in [4.78, 5) is 12.0. The molecule has 0 bridgehead atoms. The summed E-state index contributed by atoms with van der Waals surface area (Å²) in [6, 6.07) is 0. The van der Waals surface area contributed by atoms with Gasteiger partial charge >= 0.3 is 16.4 Å². The van der Waals surface area contributed by atoms with Gasteiger partial charge in [0.1, 0.15) is 12.2 Å². The van der Waals surface area contributed by atoms with Gasteiger partial charge in [-0.3, -0.25) is 0 Å². The molecule has 0 aromatic carbocycles. The van der Waals surface area contributed by atoms with Gasteiger partial charge in [0, 0.05) is 0 Å². The van der Waals surface area contributed by atoms with Crippen molar-refractivity contribution >= 4 is 16.4 Å². The molecule has 2 aliphatic heterocycles. The number of hydrogen-bond acceptors (Lipinski definition) is 8. The van der Waals surface area contributed by atoms with Gasteiger partial charge < -0.3 is 14.2 Å². The average molecular weight is 310 g/mol.